The summed E-state index contributed by atoms with van der Waals surface area (Å²) in [5.41, 5.74) is 3.53. The van der Waals surface area contributed by atoms with Crippen LogP contribution in [0.5, 0.6) is 0 Å². The standard InChI is InChI=1S/C25H28N2O3S/c1-3-27(31(29,30)24-12-5-4-6-13-24)23-16-14-22(15-17-23)25(28)26-18-8-11-21-10-7-9-20(2)19-21/h4-7,9-10,12-17,19H,3,8,11,18H2,1-2H3,(H,26,28). The van der Waals surface area contributed by atoms with Gasteiger partial charge in [-0.15, -0.1) is 0 Å². The fraction of sp³-hybridized carbons (Fsp3) is 0.240. The number of benzene rings is 3. The number of anilines is 1. The molecule has 0 radical (unpaired) electrons. The van der Waals surface area contributed by atoms with Crippen LogP contribution in [0.25, 0.3) is 0 Å². The van der Waals surface area contributed by atoms with Gasteiger partial charge in [0, 0.05) is 18.7 Å². The van der Waals surface area contributed by atoms with Crippen LogP contribution >= 0.6 is 0 Å². The lowest BCUT2D eigenvalue weighted by atomic mass is 10.1. The maximum absolute atomic E-state index is 12.9. The number of nitrogens with one attached hydrogen (secondary N) is 1. The van der Waals surface area contributed by atoms with Crippen LogP contribution in [0.15, 0.2) is 83.8 Å². The van der Waals surface area contributed by atoms with Gasteiger partial charge in [0.2, 0.25) is 0 Å². The fourth-order valence-electron chi connectivity index (χ4n) is 3.45. The van der Waals surface area contributed by atoms with E-state index in [2.05, 4.69) is 30.4 Å². The highest BCUT2D eigenvalue weighted by atomic mass is 32.2. The van der Waals surface area contributed by atoms with Gasteiger partial charge in [0.25, 0.3) is 15.9 Å². The molecule has 3 aromatic rings. The minimum Gasteiger partial charge on any atom is -0.352 e. The van der Waals surface area contributed by atoms with Gasteiger partial charge in [0.05, 0.1) is 10.6 Å². The van der Waals surface area contributed by atoms with Crippen LogP contribution in [-0.4, -0.2) is 27.4 Å². The van der Waals surface area contributed by atoms with Gasteiger partial charge in [-0.2, -0.15) is 0 Å². The summed E-state index contributed by atoms with van der Waals surface area (Å²) >= 11 is 0. The second-order valence-electron chi connectivity index (χ2n) is 7.38. The molecule has 0 aliphatic heterocycles. The molecule has 0 aliphatic carbocycles. The van der Waals surface area contributed by atoms with Gasteiger partial charge in [0.15, 0.2) is 0 Å². The molecule has 6 heteroatoms. The van der Waals surface area contributed by atoms with E-state index in [9.17, 15) is 13.2 Å². The molecular weight excluding hydrogens is 408 g/mol. The summed E-state index contributed by atoms with van der Waals surface area (Å²) < 4.78 is 27.2. The van der Waals surface area contributed by atoms with Gasteiger partial charge in [0.1, 0.15) is 0 Å². The molecule has 0 bridgehead atoms. The Kier molecular flexibility index (Phi) is 7.47. The number of hydrogen-bond acceptors (Lipinski definition) is 3. The van der Waals surface area contributed by atoms with E-state index >= 15 is 0 Å². The van der Waals surface area contributed by atoms with Crippen molar-refractivity contribution in [1.82, 2.24) is 5.32 Å². The Labute approximate surface area is 184 Å². The molecule has 0 spiro atoms. The molecule has 3 rings (SSSR count). The molecule has 0 saturated heterocycles. The topological polar surface area (TPSA) is 66.5 Å². The van der Waals surface area contributed by atoms with Gasteiger partial charge in [-0.1, -0.05) is 48.0 Å². The second kappa shape index (κ2) is 10.3. The minimum absolute atomic E-state index is 0.162. The van der Waals surface area contributed by atoms with Crippen molar-refractivity contribution < 1.29 is 13.2 Å². The molecule has 0 fully saturated rings. The van der Waals surface area contributed by atoms with Gasteiger partial charge in [-0.05, 0) is 68.7 Å². The first-order valence-corrected chi connectivity index (χ1v) is 11.9. The zero-order chi connectivity index (χ0) is 22.3. The third-order valence-electron chi connectivity index (χ3n) is 5.05. The lowest BCUT2D eigenvalue weighted by Crippen LogP contribution is -2.31. The van der Waals surface area contributed by atoms with Gasteiger partial charge in [-0.3, -0.25) is 9.10 Å². The quantitative estimate of drug-likeness (QED) is 0.500. The Morgan fingerprint density at radius 2 is 1.65 bits per heavy atom. The molecule has 3 aromatic carbocycles. The number of amides is 1. The first-order chi connectivity index (χ1) is 14.9. The number of carbonyl (C=O) groups is 1. The lowest BCUT2D eigenvalue weighted by Gasteiger charge is -2.23. The Balaban J connectivity index is 1.60. The third-order valence-corrected chi connectivity index (χ3v) is 6.96. The number of nitrogens with zero attached hydrogens (tertiary/aromatic N) is 1. The highest BCUT2D eigenvalue weighted by molar-refractivity contribution is 7.92. The van der Waals surface area contributed by atoms with E-state index in [-0.39, 0.29) is 10.8 Å². The van der Waals surface area contributed by atoms with Crippen molar-refractivity contribution in [3.05, 3.63) is 95.6 Å². The summed E-state index contributed by atoms with van der Waals surface area (Å²) in [4.78, 5) is 12.7. The van der Waals surface area contributed by atoms with Crippen molar-refractivity contribution >= 4 is 21.6 Å². The smallest absolute Gasteiger partial charge is 0.264 e. The van der Waals surface area contributed by atoms with Crippen LogP contribution < -0.4 is 9.62 Å². The average molecular weight is 437 g/mol. The number of aryl methyl sites for hydroxylation is 2. The van der Waals surface area contributed by atoms with Crippen molar-refractivity contribution in [2.45, 2.75) is 31.6 Å². The first kappa shape index (κ1) is 22.6. The van der Waals surface area contributed by atoms with Crippen LogP contribution in [0.3, 0.4) is 0 Å². The zero-order valence-electron chi connectivity index (χ0n) is 17.9. The Morgan fingerprint density at radius 1 is 0.935 bits per heavy atom. The maximum atomic E-state index is 12.9. The summed E-state index contributed by atoms with van der Waals surface area (Å²) in [6.45, 7) is 4.73. The summed E-state index contributed by atoms with van der Waals surface area (Å²) in [6, 6.07) is 23.4. The molecule has 0 heterocycles. The average Bonchev–Trinajstić information content (AvgIpc) is 2.78. The van der Waals surface area contributed by atoms with Crippen LogP contribution in [0, 0.1) is 6.92 Å². The molecule has 0 aliphatic rings. The molecule has 1 amide bonds. The van der Waals surface area contributed by atoms with E-state index in [1.165, 1.54) is 15.4 Å². The first-order valence-electron chi connectivity index (χ1n) is 10.4. The molecule has 0 aromatic heterocycles. The minimum atomic E-state index is -3.65. The SMILES string of the molecule is CCN(c1ccc(C(=O)NCCCc2cccc(C)c2)cc1)S(=O)(=O)c1ccccc1. The number of rotatable bonds is 9. The van der Waals surface area contributed by atoms with Gasteiger partial charge in [-0.25, -0.2) is 8.42 Å². The van der Waals surface area contributed by atoms with Crippen molar-refractivity contribution in [2.24, 2.45) is 0 Å². The third kappa shape index (κ3) is 5.73. The van der Waals surface area contributed by atoms with Crippen molar-refractivity contribution in [2.75, 3.05) is 17.4 Å². The summed E-state index contributed by atoms with van der Waals surface area (Å²) in [7, 11) is -3.65. The highest BCUT2D eigenvalue weighted by Crippen LogP contribution is 2.23. The predicted octanol–water partition coefficient (Wildman–Crippen LogP) is 4.57. The fourth-order valence-corrected chi connectivity index (χ4v) is 4.95. The molecule has 5 nitrogen and oxygen atoms in total. The van der Waals surface area contributed by atoms with Crippen molar-refractivity contribution in [3.63, 3.8) is 0 Å². The Bertz CT molecular complexity index is 1110. The van der Waals surface area contributed by atoms with Gasteiger partial charge < -0.3 is 5.32 Å². The van der Waals surface area contributed by atoms with Crippen LogP contribution in [0.4, 0.5) is 5.69 Å². The predicted molar refractivity (Wildman–Crippen MR) is 125 cm³/mol. The molecule has 0 atom stereocenters. The van der Waals surface area contributed by atoms with Gasteiger partial charge >= 0.3 is 0 Å². The van der Waals surface area contributed by atoms with Crippen LogP contribution in [0.1, 0.15) is 34.8 Å². The Hall–Kier alpha value is -3.12. The molecule has 1 N–H and O–H groups in total. The zero-order valence-corrected chi connectivity index (χ0v) is 18.7. The molecule has 0 unspecified atom stereocenters. The van der Waals surface area contributed by atoms with E-state index in [0.29, 0.717) is 24.3 Å². The largest absolute Gasteiger partial charge is 0.352 e. The Morgan fingerprint density at radius 3 is 2.29 bits per heavy atom. The number of sulfonamides is 1. The van der Waals surface area contributed by atoms with Crippen molar-refractivity contribution in [3.8, 4) is 0 Å². The molecule has 162 valence electrons. The van der Waals surface area contributed by atoms with E-state index in [0.717, 1.165) is 12.8 Å². The van der Waals surface area contributed by atoms with Crippen LogP contribution in [-0.2, 0) is 16.4 Å². The maximum Gasteiger partial charge on any atom is 0.264 e. The van der Waals surface area contributed by atoms with E-state index in [1.807, 2.05) is 6.07 Å². The second-order valence-corrected chi connectivity index (χ2v) is 9.24. The summed E-state index contributed by atoms with van der Waals surface area (Å²) in [5.74, 6) is -0.162. The molecule has 0 saturated carbocycles. The van der Waals surface area contributed by atoms with E-state index in [1.54, 1.807) is 61.5 Å². The van der Waals surface area contributed by atoms with E-state index in [4.69, 9.17) is 0 Å². The lowest BCUT2D eigenvalue weighted by molar-refractivity contribution is 0.0953. The number of carbonyl (C=O) groups excluding carboxylic acids is 1. The normalized spacial score (nSPS) is 11.2. The molecule has 31 heavy (non-hydrogen) atoms. The van der Waals surface area contributed by atoms with Crippen molar-refractivity contribution in [1.29, 1.82) is 0 Å². The highest BCUT2D eigenvalue weighted by Gasteiger charge is 2.23. The summed E-state index contributed by atoms with van der Waals surface area (Å²) in [5, 5.41) is 2.93. The molecular formula is C25H28N2O3S. The monoisotopic (exact) mass is 436 g/mol. The summed E-state index contributed by atoms with van der Waals surface area (Å²) in [6.07, 6.45) is 1.76. The number of hydrogen-bond donors (Lipinski definition) is 1. The van der Waals surface area contributed by atoms with E-state index < -0.39 is 10.0 Å². The van der Waals surface area contributed by atoms with Crippen LogP contribution in [0.2, 0.25) is 0 Å².